The lowest BCUT2D eigenvalue weighted by Gasteiger charge is -2.24. The molecular weight excluding hydrogens is 311 g/mol. The minimum absolute atomic E-state index is 0. The number of benzene rings is 1. The molecule has 118 valence electrons. The second kappa shape index (κ2) is 8.59. The summed E-state index contributed by atoms with van der Waals surface area (Å²) >= 11 is 6.25. The molecule has 1 saturated heterocycles. The maximum absolute atomic E-state index is 11.6. The van der Waals surface area contributed by atoms with Crippen LogP contribution in [0.5, 0.6) is 0 Å². The average molecular weight is 333 g/mol. The average Bonchev–Trinajstić information content (AvgIpc) is 2.88. The van der Waals surface area contributed by atoms with Crippen LogP contribution < -0.4 is 5.32 Å². The Hall–Kier alpha value is -0.810. The van der Waals surface area contributed by atoms with Gasteiger partial charge in [-0.15, -0.1) is 12.4 Å². The Kier molecular flexibility index (Phi) is 7.46. The van der Waals surface area contributed by atoms with Gasteiger partial charge >= 0.3 is 5.97 Å². The zero-order valence-electron chi connectivity index (χ0n) is 12.4. The molecule has 0 saturated carbocycles. The van der Waals surface area contributed by atoms with Crippen molar-refractivity contribution in [3.05, 3.63) is 34.3 Å². The van der Waals surface area contributed by atoms with Crippen LogP contribution in [0.25, 0.3) is 0 Å². The molecule has 1 N–H and O–H groups in total. The van der Waals surface area contributed by atoms with E-state index in [4.69, 9.17) is 16.3 Å². The predicted molar refractivity (Wildman–Crippen MR) is 87.4 cm³/mol. The first-order chi connectivity index (χ1) is 9.65. The number of halogens is 2. The van der Waals surface area contributed by atoms with Gasteiger partial charge in [0.05, 0.1) is 12.7 Å². The zero-order chi connectivity index (χ0) is 14.5. The summed E-state index contributed by atoms with van der Waals surface area (Å²) in [4.78, 5) is 14.0. The molecule has 4 nitrogen and oxygen atoms in total. The molecule has 1 atom stereocenters. The first kappa shape index (κ1) is 18.2. The molecule has 0 bridgehead atoms. The first-order valence-corrected chi connectivity index (χ1v) is 7.29. The summed E-state index contributed by atoms with van der Waals surface area (Å²) in [6, 6.07) is 5.85. The number of esters is 1. The number of nitrogens with one attached hydrogen (secondary N) is 1. The van der Waals surface area contributed by atoms with Crippen molar-refractivity contribution >= 4 is 30.0 Å². The van der Waals surface area contributed by atoms with Crippen molar-refractivity contribution in [1.29, 1.82) is 0 Å². The van der Waals surface area contributed by atoms with E-state index in [-0.39, 0.29) is 18.4 Å². The second-order valence-electron chi connectivity index (χ2n) is 5.12. The quantitative estimate of drug-likeness (QED) is 0.842. The number of ether oxygens (including phenoxy) is 1. The van der Waals surface area contributed by atoms with Crippen LogP contribution >= 0.6 is 24.0 Å². The van der Waals surface area contributed by atoms with Gasteiger partial charge in [-0.2, -0.15) is 0 Å². The van der Waals surface area contributed by atoms with Gasteiger partial charge in [0.25, 0.3) is 0 Å². The monoisotopic (exact) mass is 332 g/mol. The van der Waals surface area contributed by atoms with Gasteiger partial charge in [0.2, 0.25) is 0 Å². The summed E-state index contributed by atoms with van der Waals surface area (Å²) in [5.74, 6) is -0.323. The fourth-order valence-electron chi connectivity index (χ4n) is 2.73. The third-order valence-electron chi connectivity index (χ3n) is 3.78. The van der Waals surface area contributed by atoms with Crippen molar-refractivity contribution in [2.24, 2.45) is 0 Å². The van der Waals surface area contributed by atoms with E-state index in [1.807, 2.05) is 13.1 Å². The molecule has 0 aromatic heterocycles. The van der Waals surface area contributed by atoms with E-state index in [0.717, 1.165) is 25.2 Å². The fourth-order valence-corrected chi connectivity index (χ4v) is 2.91. The fraction of sp³-hybridized carbons (Fsp3) is 0.533. The number of methoxy groups -OCH3 is 1. The van der Waals surface area contributed by atoms with Crippen LogP contribution in [-0.4, -0.2) is 44.2 Å². The Morgan fingerprint density at radius 1 is 1.52 bits per heavy atom. The van der Waals surface area contributed by atoms with E-state index in [1.54, 1.807) is 12.1 Å². The van der Waals surface area contributed by atoms with Crippen LogP contribution in [0.4, 0.5) is 0 Å². The van der Waals surface area contributed by atoms with Crippen molar-refractivity contribution in [1.82, 2.24) is 10.2 Å². The molecule has 2 rings (SSSR count). The molecule has 21 heavy (non-hydrogen) atoms. The third kappa shape index (κ3) is 4.58. The Balaban J connectivity index is 0.00000220. The predicted octanol–water partition coefficient (Wildman–Crippen LogP) is 2.73. The smallest absolute Gasteiger partial charge is 0.337 e. The molecule has 1 fully saturated rings. The zero-order valence-corrected chi connectivity index (χ0v) is 14.0. The molecule has 1 heterocycles. The number of likely N-dealkylation sites (tertiary alicyclic amines) is 1. The maximum atomic E-state index is 11.6. The molecule has 0 radical (unpaired) electrons. The Bertz CT molecular complexity index is 483. The van der Waals surface area contributed by atoms with Crippen molar-refractivity contribution in [2.75, 3.05) is 27.2 Å². The van der Waals surface area contributed by atoms with Crippen molar-refractivity contribution in [2.45, 2.75) is 25.4 Å². The highest BCUT2D eigenvalue weighted by Gasteiger charge is 2.24. The number of carbonyl (C=O) groups is 1. The van der Waals surface area contributed by atoms with E-state index in [9.17, 15) is 4.79 Å². The van der Waals surface area contributed by atoms with Gasteiger partial charge in [-0.3, -0.25) is 4.90 Å². The van der Waals surface area contributed by atoms with Gasteiger partial charge in [0, 0.05) is 24.2 Å². The summed E-state index contributed by atoms with van der Waals surface area (Å²) in [5.41, 5.74) is 1.54. The van der Waals surface area contributed by atoms with Gasteiger partial charge in [-0.25, -0.2) is 4.79 Å². The Morgan fingerprint density at radius 3 is 2.95 bits per heavy atom. The van der Waals surface area contributed by atoms with E-state index < -0.39 is 0 Å². The van der Waals surface area contributed by atoms with Gasteiger partial charge in [-0.1, -0.05) is 11.6 Å². The van der Waals surface area contributed by atoms with Gasteiger partial charge in [0.1, 0.15) is 0 Å². The minimum atomic E-state index is -0.323. The Morgan fingerprint density at radius 2 is 2.29 bits per heavy atom. The summed E-state index contributed by atoms with van der Waals surface area (Å²) in [5, 5.41) is 3.93. The normalized spacial score (nSPS) is 18.3. The molecule has 1 unspecified atom stereocenters. The molecular formula is C15H22Cl2N2O2. The van der Waals surface area contributed by atoms with Gasteiger partial charge in [-0.05, 0) is 50.2 Å². The molecule has 1 aliphatic heterocycles. The standard InChI is InChI=1S/C15H21ClN2O2.ClH/c1-17-9-13-4-3-7-18(13)10-12-8-11(15(19)20-2)5-6-14(12)16;/h5-6,8,13,17H,3-4,7,9-10H2,1-2H3;1H. The van der Waals surface area contributed by atoms with E-state index in [1.165, 1.54) is 20.0 Å². The maximum Gasteiger partial charge on any atom is 0.337 e. The molecule has 0 amide bonds. The highest BCUT2D eigenvalue weighted by Crippen LogP contribution is 2.24. The first-order valence-electron chi connectivity index (χ1n) is 6.91. The summed E-state index contributed by atoms with van der Waals surface area (Å²) in [7, 11) is 3.36. The van der Waals surface area contributed by atoms with Crippen LogP contribution in [0.15, 0.2) is 18.2 Å². The summed E-state index contributed by atoms with van der Waals surface area (Å²) in [6.07, 6.45) is 2.41. The van der Waals surface area contributed by atoms with Crippen molar-refractivity contribution in [3.63, 3.8) is 0 Å². The van der Waals surface area contributed by atoms with Crippen LogP contribution in [0.1, 0.15) is 28.8 Å². The number of hydrogen-bond acceptors (Lipinski definition) is 4. The summed E-state index contributed by atoms with van der Waals surface area (Å²) in [6.45, 7) is 2.83. The number of likely N-dealkylation sites (N-methyl/N-ethyl adjacent to an activating group) is 1. The van der Waals surface area contributed by atoms with E-state index in [2.05, 4.69) is 10.2 Å². The van der Waals surface area contributed by atoms with Crippen molar-refractivity contribution < 1.29 is 9.53 Å². The lowest BCUT2D eigenvalue weighted by molar-refractivity contribution is 0.0600. The molecule has 1 aromatic carbocycles. The summed E-state index contributed by atoms with van der Waals surface area (Å²) < 4.78 is 4.76. The molecule has 0 aliphatic carbocycles. The van der Waals surface area contributed by atoms with Crippen LogP contribution in [0.3, 0.4) is 0 Å². The highest BCUT2D eigenvalue weighted by molar-refractivity contribution is 6.31. The lowest BCUT2D eigenvalue weighted by atomic mass is 10.1. The van der Waals surface area contributed by atoms with E-state index >= 15 is 0 Å². The Labute approximate surface area is 137 Å². The number of rotatable bonds is 5. The topological polar surface area (TPSA) is 41.6 Å². The third-order valence-corrected chi connectivity index (χ3v) is 4.15. The number of nitrogens with zero attached hydrogens (tertiary/aromatic N) is 1. The van der Waals surface area contributed by atoms with E-state index in [0.29, 0.717) is 16.6 Å². The van der Waals surface area contributed by atoms with Gasteiger partial charge in [0.15, 0.2) is 0 Å². The molecule has 1 aromatic rings. The van der Waals surface area contributed by atoms with Crippen LogP contribution in [0, 0.1) is 0 Å². The van der Waals surface area contributed by atoms with Gasteiger partial charge < -0.3 is 10.1 Å². The lowest BCUT2D eigenvalue weighted by Crippen LogP contribution is -2.36. The van der Waals surface area contributed by atoms with Crippen LogP contribution in [0.2, 0.25) is 5.02 Å². The SMILES string of the molecule is CNCC1CCCN1Cc1cc(C(=O)OC)ccc1Cl.Cl. The van der Waals surface area contributed by atoms with Crippen molar-refractivity contribution in [3.8, 4) is 0 Å². The molecule has 0 spiro atoms. The molecule has 6 heteroatoms. The minimum Gasteiger partial charge on any atom is -0.465 e. The van der Waals surface area contributed by atoms with Crippen LogP contribution in [-0.2, 0) is 11.3 Å². The second-order valence-corrected chi connectivity index (χ2v) is 5.53. The number of hydrogen-bond donors (Lipinski definition) is 1. The number of carbonyl (C=O) groups excluding carboxylic acids is 1. The largest absolute Gasteiger partial charge is 0.465 e. The molecule has 1 aliphatic rings. The highest BCUT2D eigenvalue weighted by atomic mass is 35.5.